The molecule has 1 N–H and O–H groups in total. The van der Waals surface area contributed by atoms with E-state index in [4.69, 9.17) is 0 Å². The van der Waals surface area contributed by atoms with Gasteiger partial charge < -0.3 is 19.4 Å². The van der Waals surface area contributed by atoms with E-state index in [2.05, 4.69) is 36.0 Å². The number of carbonyl (C=O) groups is 1. The molecule has 0 atom stereocenters. The Hall–Kier alpha value is -1.38. The minimum atomic E-state index is 0. The number of amides is 1. The van der Waals surface area contributed by atoms with E-state index in [0.717, 1.165) is 67.4 Å². The van der Waals surface area contributed by atoms with Gasteiger partial charge in [0.05, 0.1) is 6.54 Å². The van der Waals surface area contributed by atoms with Gasteiger partial charge in [-0.3, -0.25) is 4.79 Å². The van der Waals surface area contributed by atoms with Crippen LogP contribution in [-0.2, 0) is 20.1 Å². The van der Waals surface area contributed by atoms with Gasteiger partial charge in [-0.05, 0) is 34.8 Å². The van der Waals surface area contributed by atoms with Crippen LogP contribution in [0.2, 0.25) is 0 Å². The molecule has 0 aliphatic carbocycles. The van der Waals surface area contributed by atoms with Gasteiger partial charge in [-0.15, -0.1) is 22.6 Å². The van der Waals surface area contributed by atoms with Crippen molar-refractivity contribution in [3.05, 3.63) is 34.1 Å². The van der Waals surface area contributed by atoms with Crippen molar-refractivity contribution in [1.82, 2.24) is 29.5 Å². The Morgan fingerprint density at radius 3 is 2.72 bits per heavy atom. The van der Waals surface area contributed by atoms with E-state index in [1.807, 2.05) is 28.8 Å². The normalized spacial score (nSPS) is 17.9. The minimum Gasteiger partial charge on any atom is -0.345 e. The van der Waals surface area contributed by atoms with Gasteiger partial charge in [0.2, 0.25) is 0 Å². The van der Waals surface area contributed by atoms with Crippen molar-refractivity contribution in [3.63, 3.8) is 0 Å². The summed E-state index contributed by atoms with van der Waals surface area (Å²) in [5.74, 6) is 2.63. The topological polar surface area (TPSA) is 68.0 Å². The van der Waals surface area contributed by atoms with Gasteiger partial charge in [-0.25, -0.2) is 0 Å². The predicted molar refractivity (Wildman–Crippen MR) is 100.0 cm³/mol. The molecule has 0 unspecified atom stereocenters. The molecule has 2 aromatic rings. The number of piperidine rings is 1. The second-order valence-corrected chi connectivity index (χ2v) is 7.44. The van der Waals surface area contributed by atoms with Crippen molar-refractivity contribution in [2.75, 3.05) is 19.6 Å². The lowest BCUT2D eigenvalue weighted by molar-refractivity contribution is 0.0700. The van der Waals surface area contributed by atoms with E-state index in [9.17, 15) is 4.79 Å². The summed E-state index contributed by atoms with van der Waals surface area (Å²) in [5.41, 5.74) is 0.728. The highest BCUT2D eigenvalue weighted by atomic mass is 79.9. The van der Waals surface area contributed by atoms with Gasteiger partial charge in [0.15, 0.2) is 0 Å². The zero-order valence-corrected chi connectivity index (χ0v) is 16.5. The second-order valence-electron chi connectivity index (χ2n) is 6.52. The fourth-order valence-electron chi connectivity index (χ4n) is 3.66. The van der Waals surface area contributed by atoms with Crippen molar-refractivity contribution >= 4 is 34.2 Å². The molecule has 4 rings (SSSR count). The Labute approximate surface area is 161 Å². The molecular formula is C16H22BrClN6O. The lowest BCUT2D eigenvalue weighted by atomic mass is 9.95. The van der Waals surface area contributed by atoms with E-state index >= 15 is 0 Å². The second kappa shape index (κ2) is 7.47. The summed E-state index contributed by atoms with van der Waals surface area (Å²) in [5, 5.41) is 12.1. The lowest BCUT2D eigenvalue weighted by Gasteiger charge is -2.32. The number of nitrogens with one attached hydrogen (secondary N) is 1. The summed E-state index contributed by atoms with van der Waals surface area (Å²) >= 11 is 3.43. The molecule has 2 aliphatic rings. The lowest BCUT2D eigenvalue weighted by Crippen LogP contribution is -2.39. The number of carbonyl (C=O) groups excluding carboxylic acids is 1. The van der Waals surface area contributed by atoms with Crippen LogP contribution in [0.1, 0.15) is 40.9 Å². The number of fused-ring (bicyclic) bond motifs is 1. The monoisotopic (exact) mass is 428 g/mol. The molecule has 2 aromatic heterocycles. The first kappa shape index (κ1) is 18.4. The van der Waals surface area contributed by atoms with Crippen molar-refractivity contribution in [2.24, 2.45) is 7.05 Å². The highest BCUT2D eigenvalue weighted by Gasteiger charge is 2.29. The molecule has 136 valence electrons. The fourth-order valence-corrected chi connectivity index (χ4v) is 4.18. The molecule has 0 aromatic carbocycles. The molecule has 0 saturated carbocycles. The first-order valence-electron chi connectivity index (χ1n) is 8.37. The Balaban J connectivity index is 0.00000182. The van der Waals surface area contributed by atoms with Gasteiger partial charge in [0, 0.05) is 49.8 Å². The zero-order chi connectivity index (χ0) is 16.7. The Morgan fingerprint density at radius 2 is 2.04 bits per heavy atom. The fraction of sp³-hybridized carbons (Fsp3) is 0.562. The standard InChI is InChI=1S/C16H21BrN6O.ClH/c1-21-10-12(17)8-13(21)16(24)22-5-2-11(3-6-22)15-20-19-14-9-18-4-7-23(14)15;/h8,10-11,18H,2-7,9H2,1H3;1H. The highest BCUT2D eigenvalue weighted by molar-refractivity contribution is 9.10. The maximum absolute atomic E-state index is 12.7. The number of aromatic nitrogens is 4. The van der Waals surface area contributed by atoms with Crippen LogP contribution in [0.5, 0.6) is 0 Å². The largest absolute Gasteiger partial charge is 0.345 e. The van der Waals surface area contributed by atoms with E-state index < -0.39 is 0 Å². The van der Waals surface area contributed by atoms with Gasteiger partial charge in [0.25, 0.3) is 5.91 Å². The van der Waals surface area contributed by atoms with Crippen LogP contribution in [0.3, 0.4) is 0 Å². The first-order chi connectivity index (χ1) is 11.6. The van der Waals surface area contributed by atoms with Crippen LogP contribution in [0.4, 0.5) is 0 Å². The molecule has 0 radical (unpaired) electrons. The zero-order valence-electron chi connectivity index (χ0n) is 14.1. The molecule has 25 heavy (non-hydrogen) atoms. The molecular weight excluding hydrogens is 408 g/mol. The summed E-state index contributed by atoms with van der Waals surface area (Å²) in [6.07, 6.45) is 3.81. The number of likely N-dealkylation sites (tertiary alicyclic amines) is 1. The van der Waals surface area contributed by atoms with Crippen LogP contribution in [0.25, 0.3) is 0 Å². The maximum atomic E-state index is 12.7. The van der Waals surface area contributed by atoms with Gasteiger partial charge in [-0.1, -0.05) is 0 Å². The maximum Gasteiger partial charge on any atom is 0.270 e. The van der Waals surface area contributed by atoms with Gasteiger partial charge in [0.1, 0.15) is 17.3 Å². The first-order valence-corrected chi connectivity index (χ1v) is 9.16. The number of aryl methyl sites for hydroxylation is 1. The number of halogens is 2. The van der Waals surface area contributed by atoms with Crippen molar-refractivity contribution in [3.8, 4) is 0 Å². The quantitative estimate of drug-likeness (QED) is 0.792. The Morgan fingerprint density at radius 1 is 1.28 bits per heavy atom. The molecule has 1 saturated heterocycles. The molecule has 4 heterocycles. The third-order valence-electron chi connectivity index (χ3n) is 4.99. The van der Waals surface area contributed by atoms with E-state index in [0.29, 0.717) is 5.92 Å². The average Bonchev–Trinajstić information content (AvgIpc) is 3.17. The van der Waals surface area contributed by atoms with Crippen LogP contribution < -0.4 is 5.32 Å². The summed E-state index contributed by atoms with van der Waals surface area (Å²) in [6, 6.07) is 1.89. The van der Waals surface area contributed by atoms with Crippen LogP contribution in [0.15, 0.2) is 16.7 Å². The summed E-state index contributed by atoms with van der Waals surface area (Å²) in [7, 11) is 1.90. The minimum absolute atomic E-state index is 0. The molecule has 1 fully saturated rings. The van der Waals surface area contributed by atoms with Crippen molar-refractivity contribution < 1.29 is 4.79 Å². The number of nitrogens with zero attached hydrogens (tertiary/aromatic N) is 5. The predicted octanol–water partition coefficient (Wildman–Crippen LogP) is 1.92. The number of rotatable bonds is 2. The molecule has 9 heteroatoms. The molecule has 1 amide bonds. The molecule has 0 spiro atoms. The highest BCUT2D eigenvalue weighted by Crippen LogP contribution is 2.29. The van der Waals surface area contributed by atoms with E-state index in [1.165, 1.54) is 0 Å². The van der Waals surface area contributed by atoms with Gasteiger partial charge >= 0.3 is 0 Å². The Kier molecular flexibility index (Phi) is 5.50. The smallest absolute Gasteiger partial charge is 0.270 e. The summed E-state index contributed by atoms with van der Waals surface area (Å²) in [6.45, 7) is 4.25. The summed E-state index contributed by atoms with van der Waals surface area (Å²) in [4.78, 5) is 14.7. The van der Waals surface area contributed by atoms with E-state index in [1.54, 1.807) is 0 Å². The van der Waals surface area contributed by atoms with Crippen molar-refractivity contribution in [1.29, 1.82) is 0 Å². The SMILES string of the molecule is Cl.Cn1cc(Br)cc1C(=O)N1CCC(c2nnc3n2CCNC3)CC1. The van der Waals surface area contributed by atoms with Crippen LogP contribution >= 0.6 is 28.3 Å². The molecule has 7 nitrogen and oxygen atoms in total. The average molecular weight is 430 g/mol. The van der Waals surface area contributed by atoms with Gasteiger partial charge in [-0.2, -0.15) is 0 Å². The molecule has 2 aliphatic heterocycles. The third-order valence-corrected chi connectivity index (χ3v) is 5.42. The Bertz CT molecular complexity index is 765. The van der Waals surface area contributed by atoms with E-state index in [-0.39, 0.29) is 18.3 Å². The number of hydrogen-bond acceptors (Lipinski definition) is 4. The third kappa shape index (κ3) is 3.47. The number of hydrogen-bond donors (Lipinski definition) is 1. The summed E-state index contributed by atoms with van der Waals surface area (Å²) < 4.78 is 5.07. The van der Waals surface area contributed by atoms with Crippen LogP contribution in [0, 0.1) is 0 Å². The molecule has 0 bridgehead atoms. The van der Waals surface area contributed by atoms with Crippen LogP contribution in [-0.4, -0.2) is 49.8 Å². The van der Waals surface area contributed by atoms with Crippen molar-refractivity contribution in [2.45, 2.75) is 31.8 Å².